The third-order valence-corrected chi connectivity index (χ3v) is 3.45. The van der Waals surface area contributed by atoms with Gasteiger partial charge in [0, 0.05) is 5.02 Å². The molecule has 4 heteroatoms. The fraction of sp³-hybridized carbons (Fsp3) is 0.200. The summed E-state index contributed by atoms with van der Waals surface area (Å²) in [5.41, 5.74) is 5.72. The smallest absolute Gasteiger partial charge is 0.123 e. The van der Waals surface area contributed by atoms with E-state index in [4.69, 9.17) is 17.4 Å². The highest BCUT2D eigenvalue weighted by molar-refractivity contribution is 6.31. The van der Waals surface area contributed by atoms with Crippen LogP contribution in [0.25, 0.3) is 0 Å². The number of aryl methyl sites for hydroxylation is 1. The molecule has 0 aliphatic carbocycles. The lowest BCUT2D eigenvalue weighted by Crippen LogP contribution is -2.29. The van der Waals surface area contributed by atoms with E-state index in [1.807, 2.05) is 25.1 Å². The summed E-state index contributed by atoms with van der Waals surface area (Å²) in [6, 6.07) is 12.3. The molecular formula is C15H16ClFN2. The van der Waals surface area contributed by atoms with Crippen LogP contribution in [0.1, 0.15) is 22.7 Å². The van der Waals surface area contributed by atoms with Gasteiger partial charge in [-0.05, 0) is 42.7 Å². The molecule has 0 aliphatic heterocycles. The van der Waals surface area contributed by atoms with Crippen LogP contribution in [0.4, 0.5) is 4.39 Å². The van der Waals surface area contributed by atoms with Crippen molar-refractivity contribution in [2.45, 2.75) is 19.4 Å². The number of nitrogens with two attached hydrogens (primary N) is 1. The van der Waals surface area contributed by atoms with Crippen molar-refractivity contribution in [3.63, 3.8) is 0 Å². The fourth-order valence-corrected chi connectivity index (χ4v) is 2.27. The number of hydrazine groups is 1. The molecule has 3 N–H and O–H groups in total. The molecule has 1 unspecified atom stereocenters. The molecule has 0 saturated heterocycles. The van der Waals surface area contributed by atoms with Crippen LogP contribution >= 0.6 is 11.6 Å². The second-order valence-corrected chi connectivity index (χ2v) is 4.98. The monoisotopic (exact) mass is 278 g/mol. The highest BCUT2D eigenvalue weighted by Crippen LogP contribution is 2.24. The topological polar surface area (TPSA) is 38.0 Å². The van der Waals surface area contributed by atoms with Crippen LogP contribution in [-0.2, 0) is 6.42 Å². The first-order valence-corrected chi connectivity index (χ1v) is 6.44. The van der Waals surface area contributed by atoms with E-state index in [2.05, 4.69) is 11.5 Å². The predicted octanol–water partition coefficient (Wildman–Crippen LogP) is 3.53. The summed E-state index contributed by atoms with van der Waals surface area (Å²) in [6.45, 7) is 2.02. The predicted molar refractivity (Wildman–Crippen MR) is 76.4 cm³/mol. The third-order valence-electron chi connectivity index (χ3n) is 3.08. The molecule has 0 bridgehead atoms. The van der Waals surface area contributed by atoms with Gasteiger partial charge in [-0.25, -0.2) is 4.39 Å². The molecule has 100 valence electrons. The Kier molecular flexibility index (Phi) is 4.53. The maximum atomic E-state index is 13.3. The highest BCUT2D eigenvalue weighted by Gasteiger charge is 2.13. The van der Waals surface area contributed by atoms with Gasteiger partial charge < -0.3 is 0 Å². The Morgan fingerprint density at radius 1 is 1.26 bits per heavy atom. The van der Waals surface area contributed by atoms with E-state index in [0.717, 1.165) is 16.7 Å². The Morgan fingerprint density at radius 2 is 2.05 bits per heavy atom. The summed E-state index contributed by atoms with van der Waals surface area (Å²) in [5, 5.41) is 0.550. The van der Waals surface area contributed by atoms with Gasteiger partial charge in [0.1, 0.15) is 5.82 Å². The van der Waals surface area contributed by atoms with Crippen LogP contribution in [0.2, 0.25) is 5.02 Å². The van der Waals surface area contributed by atoms with Gasteiger partial charge in [-0.1, -0.05) is 41.4 Å². The molecule has 0 aliphatic rings. The van der Waals surface area contributed by atoms with Crippen molar-refractivity contribution >= 4 is 11.6 Å². The van der Waals surface area contributed by atoms with Crippen molar-refractivity contribution in [2.24, 2.45) is 5.84 Å². The van der Waals surface area contributed by atoms with Crippen molar-refractivity contribution in [2.75, 3.05) is 0 Å². The quantitative estimate of drug-likeness (QED) is 0.663. The Morgan fingerprint density at radius 3 is 2.74 bits per heavy atom. The van der Waals surface area contributed by atoms with Gasteiger partial charge in [0.15, 0.2) is 0 Å². The van der Waals surface area contributed by atoms with Crippen LogP contribution in [0.3, 0.4) is 0 Å². The Bertz CT molecular complexity index is 572. The lowest BCUT2D eigenvalue weighted by Gasteiger charge is -2.17. The summed E-state index contributed by atoms with van der Waals surface area (Å²) < 4.78 is 13.3. The molecular weight excluding hydrogens is 263 g/mol. The van der Waals surface area contributed by atoms with E-state index in [9.17, 15) is 4.39 Å². The zero-order valence-electron chi connectivity index (χ0n) is 10.7. The molecule has 2 aromatic carbocycles. The summed E-state index contributed by atoms with van der Waals surface area (Å²) in [5.74, 6) is 5.31. The number of halogens is 2. The Labute approximate surface area is 117 Å². The SMILES string of the molecule is Cc1cccc(C(Cc2cc(F)ccc2Cl)NN)c1. The van der Waals surface area contributed by atoms with Crippen LogP contribution in [0.15, 0.2) is 42.5 Å². The van der Waals surface area contributed by atoms with Crippen LogP contribution < -0.4 is 11.3 Å². The van der Waals surface area contributed by atoms with Crippen LogP contribution in [0, 0.1) is 12.7 Å². The molecule has 0 amide bonds. The number of rotatable bonds is 4. The van der Waals surface area contributed by atoms with Gasteiger partial charge in [-0.15, -0.1) is 0 Å². The summed E-state index contributed by atoms with van der Waals surface area (Å²) in [7, 11) is 0. The highest BCUT2D eigenvalue weighted by atomic mass is 35.5. The molecule has 0 fully saturated rings. The number of hydrogen-bond acceptors (Lipinski definition) is 2. The third kappa shape index (κ3) is 3.53. The van der Waals surface area contributed by atoms with Gasteiger partial charge in [0.2, 0.25) is 0 Å². The van der Waals surface area contributed by atoms with Gasteiger partial charge in [-0.2, -0.15) is 0 Å². The molecule has 2 rings (SSSR count). The molecule has 0 aromatic heterocycles. The maximum absolute atomic E-state index is 13.3. The number of benzene rings is 2. The first-order chi connectivity index (χ1) is 9.10. The van der Waals surface area contributed by atoms with E-state index in [1.165, 1.54) is 12.1 Å². The van der Waals surface area contributed by atoms with Crippen molar-refractivity contribution in [1.82, 2.24) is 5.43 Å². The standard InChI is InChI=1S/C15H16ClFN2/c1-10-3-2-4-11(7-10)15(19-18)9-12-8-13(17)5-6-14(12)16/h2-8,15,19H,9,18H2,1H3. The average molecular weight is 279 g/mol. The molecule has 0 radical (unpaired) electrons. The maximum Gasteiger partial charge on any atom is 0.123 e. The number of nitrogens with one attached hydrogen (secondary N) is 1. The minimum absolute atomic E-state index is 0.0980. The minimum atomic E-state index is -0.292. The Balaban J connectivity index is 2.26. The lowest BCUT2D eigenvalue weighted by molar-refractivity contribution is 0.548. The second kappa shape index (κ2) is 6.15. The van der Waals surface area contributed by atoms with E-state index in [-0.39, 0.29) is 11.9 Å². The molecule has 19 heavy (non-hydrogen) atoms. The normalized spacial score (nSPS) is 12.4. The Hall–Kier alpha value is -1.42. The molecule has 0 heterocycles. The van der Waals surface area contributed by atoms with Crippen molar-refractivity contribution in [3.05, 3.63) is 70.0 Å². The zero-order chi connectivity index (χ0) is 13.8. The molecule has 1 atom stereocenters. The van der Waals surface area contributed by atoms with E-state index in [0.29, 0.717) is 11.4 Å². The molecule has 2 aromatic rings. The fourth-order valence-electron chi connectivity index (χ4n) is 2.08. The first-order valence-electron chi connectivity index (χ1n) is 6.07. The van der Waals surface area contributed by atoms with Crippen molar-refractivity contribution in [1.29, 1.82) is 0 Å². The van der Waals surface area contributed by atoms with E-state index in [1.54, 1.807) is 6.07 Å². The van der Waals surface area contributed by atoms with Gasteiger partial charge in [-0.3, -0.25) is 11.3 Å². The van der Waals surface area contributed by atoms with Crippen LogP contribution in [-0.4, -0.2) is 0 Å². The van der Waals surface area contributed by atoms with E-state index >= 15 is 0 Å². The summed E-state index contributed by atoms with van der Waals surface area (Å²) in [4.78, 5) is 0. The van der Waals surface area contributed by atoms with Crippen molar-refractivity contribution < 1.29 is 4.39 Å². The van der Waals surface area contributed by atoms with Gasteiger partial charge >= 0.3 is 0 Å². The first kappa shape index (κ1) is 14.0. The summed E-state index contributed by atoms with van der Waals surface area (Å²) >= 11 is 6.08. The minimum Gasteiger partial charge on any atom is -0.271 e. The molecule has 0 spiro atoms. The molecule has 2 nitrogen and oxygen atoms in total. The van der Waals surface area contributed by atoms with Gasteiger partial charge in [0.05, 0.1) is 6.04 Å². The second-order valence-electron chi connectivity index (χ2n) is 4.57. The lowest BCUT2D eigenvalue weighted by atomic mass is 9.98. The van der Waals surface area contributed by atoms with E-state index < -0.39 is 0 Å². The van der Waals surface area contributed by atoms with Crippen LogP contribution in [0.5, 0.6) is 0 Å². The summed E-state index contributed by atoms with van der Waals surface area (Å²) in [6.07, 6.45) is 0.538. The average Bonchev–Trinajstić information content (AvgIpc) is 2.39. The van der Waals surface area contributed by atoms with Gasteiger partial charge in [0.25, 0.3) is 0 Å². The zero-order valence-corrected chi connectivity index (χ0v) is 11.4. The largest absolute Gasteiger partial charge is 0.271 e. The van der Waals surface area contributed by atoms with Crippen molar-refractivity contribution in [3.8, 4) is 0 Å². The molecule has 0 saturated carbocycles. The number of hydrogen-bond donors (Lipinski definition) is 2.